The lowest BCUT2D eigenvalue weighted by Gasteiger charge is -2.20. The number of aryl methyl sites for hydroxylation is 4. The smallest absolute Gasteiger partial charge is 0.261 e. The molecule has 2 aromatic heterocycles. The molecule has 1 aliphatic rings. The number of anilines is 2. The highest BCUT2D eigenvalue weighted by Gasteiger charge is 2.40. The van der Waals surface area contributed by atoms with Gasteiger partial charge in [-0.2, -0.15) is 0 Å². The van der Waals surface area contributed by atoms with Crippen molar-refractivity contribution in [1.82, 2.24) is 9.97 Å². The Morgan fingerprint density at radius 3 is 1.25 bits per heavy atom. The number of carbonyl (C=O) groups excluding carboxylic acids is 2. The van der Waals surface area contributed by atoms with E-state index in [1.54, 1.807) is 48.5 Å². The van der Waals surface area contributed by atoms with E-state index in [1.165, 1.54) is 36.4 Å². The van der Waals surface area contributed by atoms with Crippen LogP contribution >= 0.6 is 0 Å². The fourth-order valence-corrected chi connectivity index (χ4v) is 9.17. The van der Waals surface area contributed by atoms with Gasteiger partial charge in [0.1, 0.15) is 0 Å². The van der Waals surface area contributed by atoms with Crippen molar-refractivity contribution in [2.45, 2.75) is 63.2 Å². The maximum atomic E-state index is 14.3. The van der Waals surface area contributed by atoms with Crippen molar-refractivity contribution in [3.8, 4) is 0 Å². The molecule has 14 heteroatoms. The number of fused-ring (bicyclic) bond motifs is 2. The molecule has 0 spiro atoms. The van der Waals surface area contributed by atoms with Gasteiger partial charge in [0.25, 0.3) is 20.0 Å². The van der Waals surface area contributed by atoms with Gasteiger partial charge in [0.2, 0.25) is 11.6 Å². The third kappa shape index (κ3) is 6.86. The Balaban J connectivity index is 1.32. The summed E-state index contributed by atoms with van der Waals surface area (Å²) in [7, 11) is -8.00. The Labute approximate surface area is 324 Å². The van der Waals surface area contributed by atoms with Crippen LogP contribution in [0.2, 0.25) is 0 Å². The second-order valence-electron chi connectivity index (χ2n) is 13.9. The molecule has 0 unspecified atom stereocenters. The number of nitrogens with one attached hydrogen (secondary N) is 4. The Morgan fingerprint density at radius 2 is 0.911 bits per heavy atom. The molecule has 1 aliphatic carbocycles. The maximum Gasteiger partial charge on any atom is 0.261 e. The van der Waals surface area contributed by atoms with E-state index in [-0.39, 0.29) is 32.3 Å². The first kappa shape index (κ1) is 38.2. The van der Waals surface area contributed by atoms with Crippen LogP contribution in [0.5, 0.6) is 0 Å². The van der Waals surface area contributed by atoms with Gasteiger partial charge < -0.3 is 20.2 Å². The number of ketones is 2. The molecule has 2 heterocycles. The van der Waals surface area contributed by atoms with Gasteiger partial charge in [0.15, 0.2) is 11.5 Å². The predicted molar refractivity (Wildman–Crippen MR) is 218 cm³/mol. The van der Waals surface area contributed by atoms with Crippen LogP contribution in [0.3, 0.4) is 0 Å². The summed E-state index contributed by atoms with van der Waals surface area (Å²) < 4.78 is 58.2. The van der Waals surface area contributed by atoms with Gasteiger partial charge in [-0.05, 0) is 87.4 Å². The highest BCUT2D eigenvalue weighted by atomic mass is 32.2. The number of sulfonamides is 2. The molecule has 0 bridgehead atoms. The highest BCUT2D eigenvalue weighted by Crippen LogP contribution is 2.42. The van der Waals surface area contributed by atoms with Gasteiger partial charge in [-0.3, -0.25) is 19.0 Å². The summed E-state index contributed by atoms with van der Waals surface area (Å²) >= 11 is 0. The minimum Gasteiger partial charge on any atom is -0.504 e. The van der Waals surface area contributed by atoms with E-state index < -0.39 is 54.3 Å². The molecule has 0 radical (unpaired) electrons. The Morgan fingerprint density at radius 1 is 0.554 bits per heavy atom. The summed E-state index contributed by atoms with van der Waals surface area (Å²) in [5, 5.41) is 24.2. The lowest BCUT2D eigenvalue weighted by atomic mass is 9.83. The first-order valence-electron chi connectivity index (χ1n) is 18.1. The first-order valence-corrected chi connectivity index (χ1v) is 21.0. The molecule has 0 saturated carbocycles. The van der Waals surface area contributed by atoms with Crippen LogP contribution in [-0.4, -0.2) is 48.6 Å². The average Bonchev–Trinajstić information content (AvgIpc) is 3.68. The number of benzene rings is 4. The zero-order valence-corrected chi connectivity index (χ0v) is 32.7. The standard InChI is InChI=1S/C42H40N4O8S2/c1-5-7-33-35(29-21-25(13-19-31(29)43-33)45-55(51,52)27-15-9-23(3)10-16-27)37-39(47)41(49)38(42(50)40(37)48)36-30-22-26(14-20-32(30)44-34(36)8-6-2)46-56(53,54)28-17-11-24(4)12-18-28/h9-22,43-47,50H,5-8H2,1-4H3. The Hall–Kier alpha value is -6.12. The number of aromatic nitrogens is 2. The summed E-state index contributed by atoms with van der Waals surface area (Å²) in [5.74, 6) is -3.79. The molecule has 4 aromatic carbocycles. The van der Waals surface area contributed by atoms with Gasteiger partial charge in [-0.1, -0.05) is 62.1 Å². The second kappa shape index (κ2) is 14.5. The summed E-state index contributed by atoms with van der Waals surface area (Å²) in [4.78, 5) is 35.3. The van der Waals surface area contributed by atoms with Crippen LogP contribution in [0.15, 0.2) is 106 Å². The topological polar surface area (TPSA) is 199 Å². The minimum atomic E-state index is -4.00. The number of hydrogen-bond acceptors (Lipinski definition) is 8. The number of aliphatic hydroxyl groups is 2. The van der Waals surface area contributed by atoms with Crippen molar-refractivity contribution in [3.05, 3.63) is 130 Å². The molecule has 0 atom stereocenters. The summed E-state index contributed by atoms with van der Waals surface area (Å²) in [6.45, 7) is 7.51. The lowest BCUT2D eigenvalue weighted by molar-refractivity contribution is -0.116. The van der Waals surface area contributed by atoms with Crippen LogP contribution in [0.4, 0.5) is 11.4 Å². The zero-order chi connectivity index (χ0) is 40.1. The second-order valence-corrected chi connectivity index (χ2v) is 17.3. The van der Waals surface area contributed by atoms with Crippen LogP contribution < -0.4 is 9.44 Å². The van der Waals surface area contributed by atoms with Crippen molar-refractivity contribution in [2.24, 2.45) is 0 Å². The number of aliphatic hydroxyl groups excluding tert-OH is 2. The monoisotopic (exact) mass is 792 g/mol. The molecule has 288 valence electrons. The SMILES string of the molecule is CCCc1[nH]c2ccc(NS(=O)(=O)c3ccc(C)cc3)cc2c1C1=C(O)C(=O)C(c2c(CCC)[nH]c3ccc(NS(=O)(=O)c4ccc(C)cc4)cc23)=C(O)C1=O. The molecule has 0 saturated heterocycles. The van der Waals surface area contributed by atoms with E-state index in [0.29, 0.717) is 58.9 Å². The van der Waals surface area contributed by atoms with Gasteiger partial charge in [0, 0.05) is 55.7 Å². The fraction of sp³-hybridized carbons (Fsp3) is 0.190. The fourth-order valence-electron chi connectivity index (χ4n) is 7.07. The first-order chi connectivity index (χ1) is 26.6. The van der Waals surface area contributed by atoms with Crippen molar-refractivity contribution in [2.75, 3.05) is 9.44 Å². The van der Waals surface area contributed by atoms with Crippen molar-refractivity contribution in [1.29, 1.82) is 0 Å². The van der Waals surface area contributed by atoms with Crippen molar-refractivity contribution in [3.63, 3.8) is 0 Å². The number of aromatic amines is 2. The minimum absolute atomic E-state index is 0.0516. The molecular weight excluding hydrogens is 753 g/mol. The molecule has 6 aromatic rings. The van der Waals surface area contributed by atoms with E-state index in [4.69, 9.17) is 0 Å². The molecule has 0 amide bonds. The Bertz CT molecular complexity index is 2670. The molecule has 7 rings (SSSR count). The van der Waals surface area contributed by atoms with Crippen LogP contribution in [0.25, 0.3) is 33.0 Å². The average molecular weight is 793 g/mol. The van der Waals surface area contributed by atoms with Crippen LogP contribution in [-0.2, 0) is 42.5 Å². The zero-order valence-electron chi connectivity index (χ0n) is 31.1. The molecule has 0 fully saturated rings. The summed E-state index contributed by atoms with van der Waals surface area (Å²) in [6, 6.07) is 22.1. The third-order valence-electron chi connectivity index (χ3n) is 9.78. The van der Waals surface area contributed by atoms with Gasteiger partial charge in [-0.25, -0.2) is 16.8 Å². The Kier molecular flexibility index (Phi) is 9.89. The van der Waals surface area contributed by atoms with E-state index in [2.05, 4.69) is 19.4 Å². The van der Waals surface area contributed by atoms with Gasteiger partial charge >= 0.3 is 0 Å². The molecule has 6 N–H and O–H groups in total. The maximum absolute atomic E-state index is 14.3. The van der Waals surface area contributed by atoms with E-state index in [1.807, 2.05) is 27.7 Å². The number of H-pyrrole nitrogens is 2. The van der Waals surface area contributed by atoms with E-state index in [0.717, 1.165) is 11.1 Å². The van der Waals surface area contributed by atoms with Crippen molar-refractivity contribution >= 4 is 75.9 Å². The number of Topliss-reactive ketones (excluding diaryl/α,β-unsaturated/α-hetero) is 2. The van der Waals surface area contributed by atoms with Gasteiger partial charge in [-0.15, -0.1) is 0 Å². The number of carbonyl (C=O) groups is 2. The number of rotatable bonds is 12. The van der Waals surface area contributed by atoms with E-state index in [9.17, 15) is 36.6 Å². The van der Waals surface area contributed by atoms with Crippen molar-refractivity contribution < 1.29 is 36.6 Å². The molecule has 56 heavy (non-hydrogen) atoms. The largest absolute Gasteiger partial charge is 0.504 e. The summed E-state index contributed by atoms with van der Waals surface area (Å²) in [6.07, 6.45) is 2.02. The van der Waals surface area contributed by atoms with E-state index >= 15 is 0 Å². The van der Waals surface area contributed by atoms with Crippen LogP contribution in [0, 0.1) is 13.8 Å². The molecule has 0 aliphatic heterocycles. The molecule has 12 nitrogen and oxygen atoms in total. The van der Waals surface area contributed by atoms with Gasteiger partial charge in [0.05, 0.1) is 20.9 Å². The summed E-state index contributed by atoms with van der Waals surface area (Å²) in [5.41, 5.74) is 3.65. The number of allylic oxidation sites excluding steroid dienone is 2. The predicted octanol–water partition coefficient (Wildman–Crippen LogP) is 8.16. The normalized spacial score (nSPS) is 14.0. The molecular formula is C42H40N4O8S2. The quantitative estimate of drug-likeness (QED) is 0.0667. The lowest BCUT2D eigenvalue weighted by Crippen LogP contribution is -2.23. The number of hydrogen-bond donors (Lipinski definition) is 6. The highest BCUT2D eigenvalue weighted by molar-refractivity contribution is 7.93. The third-order valence-corrected chi connectivity index (χ3v) is 12.6. The van der Waals surface area contributed by atoms with Crippen LogP contribution in [0.1, 0.15) is 60.3 Å².